The van der Waals surface area contributed by atoms with Gasteiger partial charge in [0.2, 0.25) is 0 Å². The highest BCUT2D eigenvalue weighted by Crippen LogP contribution is 2.37. The minimum Gasteiger partial charge on any atom is -0.392 e. The summed E-state index contributed by atoms with van der Waals surface area (Å²) in [7, 11) is 1.66. The molecule has 2 fully saturated rings. The van der Waals surface area contributed by atoms with E-state index >= 15 is 0 Å². The first-order valence-corrected chi connectivity index (χ1v) is 17.0. The van der Waals surface area contributed by atoms with Gasteiger partial charge in [0.25, 0.3) is 11.1 Å². The van der Waals surface area contributed by atoms with Crippen molar-refractivity contribution >= 4 is 22.7 Å². The molecule has 3 N–H and O–H groups in total. The predicted octanol–water partition coefficient (Wildman–Crippen LogP) is 2.84. The summed E-state index contributed by atoms with van der Waals surface area (Å²) in [6.45, 7) is 9.28. The highest BCUT2D eigenvalue weighted by Gasteiger charge is 2.40. The number of nitrogens with zero attached hydrogens (tertiary/aromatic N) is 7. The van der Waals surface area contributed by atoms with Crippen molar-refractivity contribution < 1.29 is 14.9 Å². The van der Waals surface area contributed by atoms with E-state index in [0.717, 1.165) is 30.8 Å². The van der Waals surface area contributed by atoms with Crippen LogP contribution in [0.5, 0.6) is 0 Å². The molecule has 2 aliphatic heterocycles. The van der Waals surface area contributed by atoms with E-state index in [0.29, 0.717) is 71.9 Å². The number of nitrogens with one attached hydrogen (secondary N) is 1. The average Bonchev–Trinajstić information content (AvgIpc) is 3.54. The first kappa shape index (κ1) is 32.4. The van der Waals surface area contributed by atoms with Crippen LogP contribution in [0.4, 0.5) is 17.2 Å². The summed E-state index contributed by atoms with van der Waals surface area (Å²) in [6.07, 6.45) is 10.4. The van der Waals surface area contributed by atoms with E-state index in [1.54, 1.807) is 50.0 Å². The molecule has 0 amide bonds. The monoisotopic (exact) mass is 678 g/mol. The average molecular weight is 679 g/mol. The highest BCUT2D eigenvalue weighted by molar-refractivity contribution is 5.73. The number of ether oxygens (including phenoxy) is 1. The molecular weight excluding hydrogens is 636 g/mol. The minimum atomic E-state index is -1.07. The summed E-state index contributed by atoms with van der Waals surface area (Å²) >= 11 is 0. The second kappa shape index (κ2) is 11.9. The number of aliphatic hydroxyl groups is 2. The fourth-order valence-corrected chi connectivity index (χ4v) is 7.82. The van der Waals surface area contributed by atoms with Crippen LogP contribution in [0.25, 0.3) is 22.5 Å². The number of piperazine rings is 1. The van der Waals surface area contributed by atoms with Crippen molar-refractivity contribution in [2.24, 2.45) is 12.5 Å². The lowest BCUT2D eigenvalue weighted by Gasteiger charge is -2.50. The Hall–Kier alpha value is -4.82. The zero-order valence-electron chi connectivity index (χ0n) is 28.8. The Balaban J connectivity index is 1.08. The molecule has 0 aromatic carbocycles. The molecule has 13 heteroatoms. The second-order valence-electron chi connectivity index (χ2n) is 14.8. The third kappa shape index (κ3) is 5.50. The molecule has 3 aliphatic rings. The van der Waals surface area contributed by atoms with Crippen molar-refractivity contribution in [3.8, 4) is 16.9 Å². The molecule has 1 aliphatic carbocycles. The molecule has 13 nitrogen and oxygen atoms in total. The largest absolute Gasteiger partial charge is 0.392 e. The standard InChI is InChI=1S/C37H42N8O5/c1-36(2)15-23-14-30-35(48)44(11-10-43(30)31(23)16-36)33-28(19-46)27(7-8-38-33)24-13-29(34(47)41(4)18-24)40-32-6-5-25(17-39-32)45-12-9-42(22-37(45,3)49)26-20-50-21-26/h5-8,10-11,13-14,17-18,26,46,49H,9,12,15-16,19-22H2,1-4H3,(H,39,40)/t37-/m0/s1. The van der Waals surface area contributed by atoms with Gasteiger partial charge in [0.15, 0.2) is 0 Å². The zero-order chi connectivity index (χ0) is 34.9. The van der Waals surface area contributed by atoms with Gasteiger partial charge in [0, 0.05) is 68.3 Å². The minimum absolute atomic E-state index is 0.160. The third-order valence-corrected chi connectivity index (χ3v) is 10.4. The van der Waals surface area contributed by atoms with E-state index in [-0.39, 0.29) is 23.1 Å². The maximum atomic E-state index is 13.8. The predicted molar refractivity (Wildman–Crippen MR) is 190 cm³/mol. The summed E-state index contributed by atoms with van der Waals surface area (Å²) in [4.78, 5) is 40.4. The smallest absolute Gasteiger partial charge is 0.280 e. The van der Waals surface area contributed by atoms with E-state index in [9.17, 15) is 19.8 Å². The first-order valence-electron chi connectivity index (χ1n) is 17.0. The third-order valence-electron chi connectivity index (χ3n) is 10.4. The lowest BCUT2D eigenvalue weighted by Crippen LogP contribution is -2.65. The van der Waals surface area contributed by atoms with Crippen molar-refractivity contribution in [1.82, 2.24) is 28.4 Å². The van der Waals surface area contributed by atoms with Crippen LogP contribution in [-0.2, 0) is 31.2 Å². The molecular formula is C37H42N8O5. The molecule has 0 bridgehead atoms. The number of hydrogen-bond acceptors (Lipinski definition) is 10. The second-order valence-corrected chi connectivity index (χ2v) is 14.8. The number of aryl methyl sites for hydroxylation is 1. The molecule has 0 saturated carbocycles. The van der Waals surface area contributed by atoms with Gasteiger partial charge in [-0.25, -0.2) is 9.97 Å². The fourth-order valence-electron chi connectivity index (χ4n) is 7.82. The highest BCUT2D eigenvalue weighted by atomic mass is 16.5. The molecule has 7 heterocycles. The van der Waals surface area contributed by atoms with Gasteiger partial charge in [0.1, 0.15) is 28.6 Å². The quantitative estimate of drug-likeness (QED) is 0.235. The maximum Gasteiger partial charge on any atom is 0.280 e. The Morgan fingerprint density at radius 2 is 1.84 bits per heavy atom. The van der Waals surface area contributed by atoms with Crippen LogP contribution in [0.2, 0.25) is 0 Å². The lowest BCUT2D eigenvalue weighted by atomic mass is 9.90. The molecule has 50 heavy (non-hydrogen) atoms. The Morgan fingerprint density at radius 1 is 1.02 bits per heavy atom. The van der Waals surface area contributed by atoms with Crippen LogP contribution < -0.4 is 21.3 Å². The van der Waals surface area contributed by atoms with Crippen LogP contribution in [0.1, 0.15) is 37.6 Å². The molecule has 5 aromatic rings. The molecule has 260 valence electrons. The Labute approximate surface area is 289 Å². The number of rotatable bonds is 7. The summed E-state index contributed by atoms with van der Waals surface area (Å²) in [5.41, 5.74) is 4.37. The number of hydrogen-bond donors (Lipinski definition) is 3. The number of aliphatic hydroxyl groups excluding tert-OH is 1. The van der Waals surface area contributed by atoms with E-state index in [4.69, 9.17) is 4.74 Å². The van der Waals surface area contributed by atoms with Gasteiger partial charge in [0.05, 0.1) is 37.7 Å². The van der Waals surface area contributed by atoms with Gasteiger partial charge < -0.3 is 34.1 Å². The number of aromatic nitrogens is 5. The molecule has 5 aromatic heterocycles. The van der Waals surface area contributed by atoms with Gasteiger partial charge in [-0.05, 0) is 66.6 Å². The number of fused-ring (bicyclic) bond motifs is 3. The van der Waals surface area contributed by atoms with Crippen molar-refractivity contribution in [1.29, 1.82) is 0 Å². The van der Waals surface area contributed by atoms with Gasteiger partial charge >= 0.3 is 0 Å². The van der Waals surface area contributed by atoms with Crippen molar-refractivity contribution in [2.45, 2.75) is 52.0 Å². The Morgan fingerprint density at radius 3 is 2.54 bits per heavy atom. The van der Waals surface area contributed by atoms with Gasteiger partial charge in [-0.2, -0.15) is 0 Å². The van der Waals surface area contributed by atoms with Gasteiger partial charge in [-0.1, -0.05) is 13.8 Å². The molecule has 8 rings (SSSR count). The fraction of sp³-hybridized carbons (Fsp3) is 0.405. The van der Waals surface area contributed by atoms with Crippen LogP contribution in [0.15, 0.2) is 70.9 Å². The number of anilines is 3. The first-order chi connectivity index (χ1) is 23.9. The molecule has 2 saturated heterocycles. The molecule has 0 radical (unpaired) electrons. The van der Waals surface area contributed by atoms with Crippen molar-refractivity contribution in [3.63, 3.8) is 0 Å². The summed E-state index contributed by atoms with van der Waals surface area (Å²) in [5.74, 6) is 0.797. The molecule has 1 atom stereocenters. The van der Waals surface area contributed by atoms with E-state index in [1.807, 2.05) is 34.6 Å². The van der Waals surface area contributed by atoms with Crippen LogP contribution >= 0.6 is 0 Å². The van der Waals surface area contributed by atoms with E-state index < -0.39 is 5.72 Å². The summed E-state index contributed by atoms with van der Waals surface area (Å²) in [6, 6.07) is 9.49. The van der Waals surface area contributed by atoms with Gasteiger partial charge in [-0.3, -0.25) is 19.1 Å². The Bertz CT molecular complexity index is 2230. The van der Waals surface area contributed by atoms with Crippen LogP contribution in [-0.4, -0.2) is 83.2 Å². The molecule has 0 spiro atoms. The van der Waals surface area contributed by atoms with Crippen LogP contribution in [0, 0.1) is 5.41 Å². The van der Waals surface area contributed by atoms with E-state index in [2.05, 4.69) is 34.0 Å². The Kier molecular flexibility index (Phi) is 7.71. The topological polar surface area (TPSA) is 142 Å². The zero-order valence-corrected chi connectivity index (χ0v) is 28.8. The lowest BCUT2D eigenvalue weighted by molar-refractivity contribution is -0.101. The van der Waals surface area contributed by atoms with Crippen LogP contribution in [0.3, 0.4) is 0 Å². The maximum absolute atomic E-state index is 13.8. The SMILES string of the molecule is Cn1cc(-c2ccnc(-n3ccn4c5c(cc4c3=O)CC(C)(C)C5)c2CO)cc(Nc2ccc(N3CCN(C4COC4)C[C@]3(C)O)cn2)c1=O. The summed E-state index contributed by atoms with van der Waals surface area (Å²) in [5, 5.41) is 25.1. The number of pyridine rings is 3. The van der Waals surface area contributed by atoms with Gasteiger partial charge in [-0.15, -0.1) is 0 Å². The van der Waals surface area contributed by atoms with Crippen molar-refractivity contribution in [3.05, 3.63) is 98.8 Å². The number of β-amino-alcohol motifs (C(OH)–C–C–N with tert-alkyl or cyclic N) is 1. The normalized spacial score (nSPS) is 20.6. The van der Waals surface area contributed by atoms with E-state index in [1.165, 1.54) is 14.7 Å². The van der Waals surface area contributed by atoms with Crippen molar-refractivity contribution in [2.75, 3.05) is 43.1 Å². The molecule has 0 unspecified atom stereocenters. The summed E-state index contributed by atoms with van der Waals surface area (Å²) < 4.78 is 10.3.